The van der Waals surface area contributed by atoms with Gasteiger partial charge in [0, 0.05) is 19.1 Å². The number of hydrogen-bond acceptors (Lipinski definition) is 6. The third-order valence-corrected chi connectivity index (χ3v) is 4.15. The van der Waals surface area contributed by atoms with Crippen molar-refractivity contribution in [3.8, 4) is 0 Å². The van der Waals surface area contributed by atoms with Crippen LogP contribution in [-0.4, -0.2) is 74.2 Å². The van der Waals surface area contributed by atoms with E-state index in [-0.39, 0.29) is 12.0 Å². The van der Waals surface area contributed by atoms with Crippen LogP contribution in [0.3, 0.4) is 0 Å². The molecule has 2 saturated heterocycles. The Hall–Kier alpha value is -1.14. The Balaban J connectivity index is 1.71. The molecular weight excluding hydrogens is 248 g/mol. The van der Waals surface area contributed by atoms with E-state index in [1.807, 2.05) is 0 Å². The molecular formula is C13H22N2O4. The first-order valence-electron chi connectivity index (χ1n) is 6.87. The zero-order valence-corrected chi connectivity index (χ0v) is 11.4. The molecule has 0 aliphatic carbocycles. The van der Waals surface area contributed by atoms with Crippen LogP contribution in [0.25, 0.3) is 0 Å². The van der Waals surface area contributed by atoms with Gasteiger partial charge in [-0.3, -0.25) is 19.4 Å². The highest BCUT2D eigenvalue weighted by Crippen LogP contribution is 2.27. The summed E-state index contributed by atoms with van der Waals surface area (Å²) in [6, 6.07) is 0.459. The summed E-state index contributed by atoms with van der Waals surface area (Å²) in [4.78, 5) is 26.2. The minimum Gasteiger partial charge on any atom is -0.468 e. The molecule has 0 aromatic rings. The van der Waals surface area contributed by atoms with Gasteiger partial charge in [-0.1, -0.05) is 0 Å². The summed E-state index contributed by atoms with van der Waals surface area (Å²) in [7, 11) is 1.45. The molecule has 6 heteroatoms. The van der Waals surface area contributed by atoms with Crippen LogP contribution < -0.4 is 0 Å². The van der Waals surface area contributed by atoms with Gasteiger partial charge in [-0.15, -0.1) is 0 Å². The molecule has 2 aliphatic heterocycles. The fourth-order valence-electron chi connectivity index (χ4n) is 2.94. The van der Waals surface area contributed by atoms with E-state index < -0.39 is 0 Å². The van der Waals surface area contributed by atoms with Crippen LogP contribution >= 0.6 is 0 Å². The fraction of sp³-hybridized carbons (Fsp3) is 0.846. The summed E-state index contributed by atoms with van der Waals surface area (Å²) < 4.78 is 9.53. The lowest BCUT2D eigenvalue weighted by Gasteiger charge is -2.47. The van der Waals surface area contributed by atoms with Crippen LogP contribution in [0, 0.1) is 0 Å². The van der Waals surface area contributed by atoms with Crippen LogP contribution in [0.5, 0.6) is 0 Å². The molecule has 1 atom stereocenters. The molecule has 0 radical (unpaired) electrons. The van der Waals surface area contributed by atoms with Crippen LogP contribution in [-0.2, 0) is 19.1 Å². The SMILES string of the molecule is COC(=O)C1CCN1C1CCN(CCOC=O)CC1. The number of nitrogens with zero attached hydrogens (tertiary/aromatic N) is 2. The Kier molecular flexibility index (Phi) is 5.15. The topological polar surface area (TPSA) is 59.1 Å². The zero-order valence-electron chi connectivity index (χ0n) is 11.4. The molecule has 19 heavy (non-hydrogen) atoms. The molecule has 2 aliphatic rings. The molecule has 0 saturated carbocycles. The van der Waals surface area contributed by atoms with Crippen molar-refractivity contribution in [1.29, 1.82) is 0 Å². The largest absolute Gasteiger partial charge is 0.468 e. The van der Waals surface area contributed by atoms with Crippen molar-refractivity contribution in [2.75, 3.05) is 39.9 Å². The Bertz CT molecular complexity index is 316. The third kappa shape index (κ3) is 3.45. The second-order valence-corrected chi connectivity index (χ2v) is 5.11. The maximum Gasteiger partial charge on any atom is 0.323 e. The maximum atomic E-state index is 11.6. The molecule has 0 spiro atoms. The highest BCUT2D eigenvalue weighted by Gasteiger charge is 2.40. The molecule has 1 unspecified atom stereocenters. The quantitative estimate of drug-likeness (QED) is 0.381. The lowest BCUT2D eigenvalue weighted by atomic mass is 9.94. The number of carbonyl (C=O) groups excluding carboxylic acids is 2. The standard InChI is InChI=1S/C13H22N2O4/c1-18-13(17)12-4-7-15(12)11-2-5-14(6-3-11)8-9-19-10-16/h10-12H,2-9H2,1H3. The molecule has 0 amide bonds. The van der Waals surface area contributed by atoms with Gasteiger partial charge in [0.2, 0.25) is 0 Å². The zero-order chi connectivity index (χ0) is 13.7. The summed E-state index contributed by atoms with van der Waals surface area (Å²) in [6.45, 7) is 4.75. The molecule has 0 aromatic heterocycles. The van der Waals surface area contributed by atoms with Gasteiger partial charge in [-0.05, 0) is 32.4 Å². The summed E-state index contributed by atoms with van der Waals surface area (Å²) in [6.07, 6.45) is 3.04. The number of esters is 1. The normalized spacial score (nSPS) is 25.6. The van der Waals surface area contributed by atoms with Crippen LogP contribution in [0.2, 0.25) is 0 Å². The van der Waals surface area contributed by atoms with E-state index in [1.54, 1.807) is 0 Å². The van der Waals surface area contributed by atoms with E-state index in [4.69, 9.17) is 9.47 Å². The van der Waals surface area contributed by atoms with Gasteiger partial charge in [0.15, 0.2) is 0 Å². The highest BCUT2D eigenvalue weighted by molar-refractivity contribution is 5.76. The lowest BCUT2D eigenvalue weighted by molar-refractivity contribution is -0.154. The van der Waals surface area contributed by atoms with E-state index in [9.17, 15) is 9.59 Å². The summed E-state index contributed by atoms with van der Waals surface area (Å²) >= 11 is 0. The predicted octanol–water partition coefficient (Wildman–Crippen LogP) is -0.129. The van der Waals surface area contributed by atoms with E-state index in [0.717, 1.165) is 45.4 Å². The first-order chi connectivity index (χ1) is 9.26. The molecule has 6 nitrogen and oxygen atoms in total. The van der Waals surface area contributed by atoms with Crippen molar-refractivity contribution in [3.05, 3.63) is 0 Å². The second kappa shape index (κ2) is 6.86. The molecule has 2 rings (SSSR count). The van der Waals surface area contributed by atoms with E-state index in [2.05, 4.69) is 9.80 Å². The molecule has 0 bridgehead atoms. The summed E-state index contributed by atoms with van der Waals surface area (Å²) in [5.74, 6) is -0.104. The number of piperidine rings is 1. The second-order valence-electron chi connectivity index (χ2n) is 5.11. The average molecular weight is 270 g/mol. The number of ether oxygens (including phenoxy) is 2. The van der Waals surface area contributed by atoms with Crippen LogP contribution in [0.4, 0.5) is 0 Å². The van der Waals surface area contributed by atoms with Crippen LogP contribution in [0.1, 0.15) is 19.3 Å². The molecule has 0 aromatic carbocycles. The number of rotatable bonds is 6. The Morgan fingerprint density at radius 2 is 2.00 bits per heavy atom. The van der Waals surface area contributed by atoms with Gasteiger partial charge in [0.05, 0.1) is 7.11 Å². The van der Waals surface area contributed by atoms with Gasteiger partial charge in [-0.25, -0.2) is 0 Å². The minimum absolute atomic E-state index is 0.0278. The maximum absolute atomic E-state index is 11.6. The summed E-state index contributed by atoms with van der Waals surface area (Å²) in [5, 5.41) is 0. The lowest BCUT2D eigenvalue weighted by Crippen LogP contribution is -2.59. The van der Waals surface area contributed by atoms with E-state index in [1.165, 1.54) is 7.11 Å². The molecule has 2 fully saturated rings. The monoisotopic (exact) mass is 270 g/mol. The van der Waals surface area contributed by atoms with Gasteiger partial charge < -0.3 is 9.47 Å². The predicted molar refractivity (Wildman–Crippen MR) is 68.6 cm³/mol. The van der Waals surface area contributed by atoms with E-state index in [0.29, 0.717) is 19.1 Å². The Morgan fingerprint density at radius 1 is 1.26 bits per heavy atom. The molecule has 0 N–H and O–H groups in total. The van der Waals surface area contributed by atoms with Crippen molar-refractivity contribution >= 4 is 12.4 Å². The third-order valence-electron chi connectivity index (χ3n) is 4.15. The first-order valence-corrected chi connectivity index (χ1v) is 6.87. The smallest absolute Gasteiger partial charge is 0.323 e. The van der Waals surface area contributed by atoms with Gasteiger partial charge in [0.1, 0.15) is 12.6 Å². The van der Waals surface area contributed by atoms with Gasteiger partial charge >= 0.3 is 5.97 Å². The fourth-order valence-corrected chi connectivity index (χ4v) is 2.94. The molecule has 2 heterocycles. The highest BCUT2D eigenvalue weighted by atomic mass is 16.5. The van der Waals surface area contributed by atoms with Crippen molar-refractivity contribution in [2.24, 2.45) is 0 Å². The van der Waals surface area contributed by atoms with Gasteiger partial charge in [-0.2, -0.15) is 0 Å². The number of carbonyl (C=O) groups is 2. The van der Waals surface area contributed by atoms with Crippen molar-refractivity contribution in [2.45, 2.75) is 31.3 Å². The van der Waals surface area contributed by atoms with E-state index >= 15 is 0 Å². The average Bonchev–Trinajstić information content (AvgIpc) is 2.39. The number of hydrogen-bond donors (Lipinski definition) is 0. The number of likely N-dealkylation sites (tertiary alicyclic amines) is 2. The van der Waals surface area contributed by atoms with Crippen molar-refractivity contribution in [1.82, 2.24) is 9.80 Å². The summed E-state index contributed by atoms with van der Waals surface area (Å²) in [5.41, 5.74) is 0. The molecule has 108 valence electrons. The Labute approximate surface area is 113 Å². The van der Waals surface area contributed by atoms with Crippen molar-refractivity contribution in [3.63, 3.8) is 0 Å². The minimum atomic E-state index is -0.104. The number of methoxy groups -OCH3 is 1. The first kappa shape index (κ1) is 14.3. The Morgan fingerprint density at radius 3 is 2.53 bits per heavy atom. The van der Waals surface area contributed by atoms with Crippen LogP contribution in [0.15, 0.2) is 0 Å². The van der Waals surface area contributed by atoms with Gasteiger partial charge in [0.25, 0.3) is 6.47 Å². The van der Waals surface area contributed by atoms with Crippen molar-refractivity contribution < 1.29 is 19.1 Å².